The number of hydrogen-bond acceptors (Lipinski definition) is 3. The second kappa shape index (κ2) is 10.3. The van der Waals surface area contributed by atoms with Gasteiger partial charge in [-0.3, -0.25) is 4.79 Å². The number of nitrogens with one attached hydrogen (secondary N) is 1. The molecular weight excluding hydrogens is 396 g/mol. The van der Waals surface area contributed by atoms with Crippen molar-refractivity contribution in [1.82, 2.24) is 9.62 Å². The fourth-order valence-electron chi connectivity index (χ4n) is 5.08. The Hall–Kier alpha value is -1.40. The van der Waals surface area contributed by atoms with E-state index in [4.69, 9.17) is 0 Å². The summed E-state index contributed by atoms with van der Waals surface area (Å²) in [6.45, 7) is 4.31. The van der Waals surface area contributed by atoms with E-state index >= 15 is 0 Å². The van der Waals surface area contributed by atoms with Gasteiger partial charge in [-0.2, -0.15) is 4.31 Å². The van der Waals surface area contributed by atoms with E-state index in [-0.39, 0.29) is 22.9 Å². The lowest BCUT2D eigenvalue weighted by Crippen LogP contribution is -2.40. The minimum absolute atomic E-state index is 0.0776. The molecule has 2 fully saturated rings. The summed E-state index contributed by atoms with van der Waals surface area (Å²) in [7, 11) is -1.85. The normalized spacial score (nSPS) is 21.3. The van der Waals surface area contributed by atoms with Gasteiger partial charge in [-0.15, -0.1) is 0 Å². The quantitative estimate of drug-likeness (QED) is 0.658. The highest BCUT2D eigenvalue weighted by Crippen LogP contribution is 2.31. The Morgan fingerprint density at radius 3 is 2.03 bits per heavy atom. The van der Waals surface area contributed by atoms with Gasteiger partial charge in [-0.25, -0.2) is 8.42 Å². The summed E-state index contributed by atoms with van der Waals surface area (Å²) in [5, 5.41) is 3.13. The SMILES string of the molecule is CC(NC(=O)c1ccc(S(=O)(=O)N(C)C2CCCCC2)cc1)C(C)C1CCCCC1. The average molecular weight is 435 g/mol. The van der Waals surface area contributed by atoms with E-state index in [1.54, 1.807) is 31.3 Å². The van der Waals surface area contributed by atoms with Gasteiger partial charge in [0.05, 0.1) is 4.90 Å². The summed E-state index contributed by atoms with van der Waals surface area (Å²) in [5.41, 5.74) is 0.511. The molecule has 1 N–H and O–H groups in total. The van der Waals surface area contributed by atoms with Gasteiger partial charge in [0.2, 0.25) is 10.0 Å². The first-order chi connectivity index (χ1) is 14.3. The minimum atomic E-state index is -3.53. The van der Waals surface area contributed by atoms with Crippen molar-refractivity contribution in [2.75, 3.05) is 7.05 Å². The zero-order valence-electron chi connectivity index (χ0n) is 18.8. The van der Waals surface area contributed by atoms with Gasteiger partial charge >= 0.3 is 0 Å². The number of amides is 1. The van der Waals surface area contributed by atoms with Crippen LogP contribution in [0.15, 0.2) is 29.2 Å². The molecule has 2 aliphatic rings. The van der Waals surface area contributed by atoms with Gasteiger partial charge in [0.1, 0.15) is 0 Å². The smallest absolute Gasteiger partial charge is 0.251 e. The summed E-state index contributed by atoms with van der Waals surface area (Å²) < 4.78 is 27.5. The first kappa shape index (κ1) is 23.3. The summed E-state index contributed by atoms with van der Waals surface area (Å²) in [4.78, 5) is 13.0. The average Bonchev–Trinajstić information content (AvgIpc) is 2.79. The van der Waals surface area contributed by atoms with Crippen molar-refractivity contribution in [1.29, 1.82) is 0 Å². The zero-order valence-corrected chi connectivity index (χ0v) is 19.6. The Kier molecular flexibility index (Phi) is 7.97. The first-order valence-electron chi connectivity index (χ1n) is 11.7. The van der Waals surface area contributed by atoms with Crippen LogP contribution in [0.4, 0.5) is 0 Å². The van der Waals surface area contributed by atoms with Crippen LogP contribution in [0.1, 0.15) is 88.4 Å². The molecule has 3 rings (SSSR count). The molecule has 0 spiro atoms. The van der Waals surface area contributed by atoms with E-state index in [9.17, 15) is 13.2 Å². The van der Waals surface area contributed by atoms with E-state index in [2.05, 4.69) is 19.2 Å². The predicted octanol–water partition coefficient (Wildman–Crippen LogP) is 4.97. The van der Waals surface area contributed by atoms with Crippen molar-refractivity contribution in [2.24, 2.45) is 11.8 Å². The van der Waals surface area contributed by atoms with Crippen LogP contribution in [0, 0.1) is 11.8 Å². The summed E-state index contributed by atoms with van der Waals surface area (Å²) in [5.74, 6) is 0.990. The van der Waals surface area contributed by atoms with E-state index in [1.807, 2.05) is 0 Å². The lowest BCUT2D eigenvalue weighted by atomic mass is 9.78. The third-order valence-electron chi connectivity index (χ3n) is 7.42. The number of carbonyl (C=O) groups excluding carboxylic acids is 1. The Bertz CT molecular complexity index is 794. The van der Waals surface area contributed by atoms with Crippen molar-refractivity contribution < 1.29 is 13.2 Å². The number of benzene rings is 1. The zero-order chi connectivity index (χ0) is 21.7. The Morgan fingerprint density at radius 1 is 0.933 bits per heavy atom. The molecule has 0 aromatic heterocycles. The monoisotopic (exact) mass is 434 g/mol. The highest BCUT2D eigenvalue weighted by Gasteiger charge is 2.29. The topological polar surface area (TPSA) is 66.5 Å². The van der Waals surface area contributed by atoms with Crippen molar-refractivity contribution in [3.05, 3.63) is 29.8 Å². The Labute approximate surface area is 182 Å². The lowest BCUT2D eigenvalue weighted by molar-refractivity contribution is 0.0912. The molecule has 5 nitrogen and oxygen atoms in total. The third-order valence-corrected chi connectivity index (χ3v) is 9.35. The fourth-order valence-corrected chi connectivity index (χ4v) is 6.49. The number of rotatable bonds is 7. The maximum absolute atomic E-state index is 13.0. The van der Waals surface area contributed by atoms with Crippen LogP contribution in [-0.4, -0.2) is 37.8 Å². The van der Waals surface area contributed by atoms with Gasteiger partial charge < -0.3 is 5.32 Å². The molecule has 0 aliphatic heterocycles. The highest BCUT2D eigenvalue weighted by atomic mass is 32.2. The predicted molar refractivity (Wildman–Crippen MR) is 121 cm³/mol. The molecule has 2 atom stereocenters. The number of carbonyl (C=O) groups is 1. The highest BCUT2D eigenvalue weighted by molar-refractivity contribution is 7.89. The number of sulfonamides is 1. The van der Waals surface area contributed by atoms with Gasteiger partial charge in [0, 0.05) is 24.7 Å². The van der Waals surface area contributed by atoms with Gasteiger partial charge in [0.15, 0.2) is 0 Å². The molecule has 0 saturated heterocycles. The van der Waals surface area contributed by atoms with Crippen molar-refractivity contribution >= 4 is 15.9 Å². The molecule has 2 aliphatic carbocycles. The van der Waals surface area contributed by atoms with E-state index in [0.29, 0.717) is 17.4 Å². The molecule has 30 heavy (non-hydrogen) atoms. The molecule has 168 valence electrons. The lowest BCUT2D eigenvalue weighted by Gasteiger charge is -2.32. The van der Waals surface area contributed by atoms with Crippen molar-refractivity contribution in [2.45, 2.75) is 95.0 Å². The first-order valence-corrected chi connectivity index (χ1v) is 13.1. The standard InChI is InChI=1S/C24H38N2O3S/c1-18(20-10-6-4-7-11-20)19(2)25-24(27)21-14-16-23(17-15-21)30(28,29)26(3)22-12-8-5-9-13-22/h14-20,22H,4-13H2,1-3H3,(H,25,27). The summed E-state index contributed by atoms with van der Waals surface area (Å²) in [6.07, 6.45) is 11.6. The van der Waals surface area contributed by atoms with Crippen LogP contribution < -0.4 is 5.32 Å². The molecule has 1 amide bonds. The molecule has 6 heteroatoms. The minimum Gasteiger partial charge on any atom is -0.349 e. The van der Waals surface area contributed by atoms with Crippen LogP contribution in [-0.2, 0) is 10.0 Å². The molecule has 2 saturated carbocycles. The molecule has 1 aromatic carbocycles. The molecule has 2 unspecified atom stereocenters. The number of nitrogens with zero attached hydrogens (tertiary/aromatic N) is 1. The Morgan fingerprint density at radius 2 is 1.47 bits per heavy atom. The molecule has 0 radical (unpaired) electrons. The van der Waals surface area contributed by atoms with Crippen LogP contribution in [0.5, 0.6) is 0 Å². The largest absolute Gasteiger partial charge is 0.349 e. The summed E-state index contributed by atoms with van der Waals surface area (Å²) >= 11 is 0. The molecule has 0 bridgehead atoms. The fraction of sp³-hybridized carbons (Fsp3) is 0.708. The maximum atomic E-state index is 13.0. The van der Waals surface area contributed by atoms with Crippen LogP contribution in [0.25, 0.3) is 0 Å². The summed E-state index contributed by atoms with van der Waals surface area (Å²) in [6, 6.07) is 6.58. The van der Waals surface area contributed by atoms with E-state index in [1.165, 1.54) is 42.8 Å². The molecule has 1 aromatic rings. The van der Waals surface area contributed by atoms with Gasteiger partial charge in [-0.1, -0.05) is 58.3 Å². The third kappa shape index (κ3) is 5.44. The van der Waals surface area contributed by atoms with Crippen molar-refractivity contribution in [3.8, 4) is 0 Å². The van der Waals surface area contributed by atoms with Crippen LogP contribution >= 0.6 is 0 Å². The van der Waals surface area contributed by atoms with Gasteiger partial charge in [-0.05, 0) is 55.9 Å². The van der Waals surface area contributed by atoms with Crippen LogP contribution in [0.3, 0.4) is 0 Å². The maximum Gasteiger partial charge on any atom is 0.251 e. The molecular formula is C24H38N2O3S. The Balaban J connectivity index is 1.62. The van der Waals surface area contributed by atoms with E-state index in [0.717, 1.165) is 25.7 Å². The second-order valence-electron chi connectivity index (χ2n) is 9.36. The molecule has 0 heterocycles. The second-order valence-corrected chi connectivity index (χ2v) is 11.4. The van der Waals surface area contributed by atoms with Crippen molar-refractivity contribution in [3.63, 3.8) is 0 Å². The number of hydrogen-bond donors (Lipinski definition) is 1. The van der Waals surface area contributed by atoms with E-state index < -0.39 is 10.0 Å². The van der Waals surface area contributed by atoms with Gasteiger partial charge in [0.25, 0.3) is 5.91 Å². The van der Waals surface area contributed by atoms with Crippen LogP contribution in [0.2, 0.25) is 0 Å².